The number of para-hydroxylation sites is 1. The number of benzene rings is 1. The van der Waals surface area contributed by atoms with Crippen LogP contribution >= 0.6 is 0 Å². The lowest BCUT2D eigenvalue weighted by atomic mass is 9.89. The fraction of sp³-hybridized carbons (Fsp3) is 0.529. The summed E-state index contributed by atoms with van der Waals surface area (Å²) < 4.78 is 0. The van der Waals surface area contributed by atoms with Crippen molar-refractivity contribution in [2.45, 2.75) is 39.7 Å². The Kier molecular flexibility index (Phi) is 4.98. The molecule has 0 fully saturated rings. The third-order valence-corrected chi connectivity index (χ3v) is 3.91. The van der Waals surface area contributed by atoms with Gasteiger partial charge in [0.1, 0.15) is 0 Å². The molecule has 1 N–H and O–H groups in total. The molecule has 0 atom stereocenters. The molecule has 1 aromatic carbocycles. The normalized spacial score (nSPS) is 15.3. The van der Waals surface area contributed by atoms with Crippen molar-refractivity contribution >= 4 is 11.6 Å². The van der Waals surface area contributed by atoms with Crippen molar-refractivity contribution in [1.82, 2.24) is 5.32 Å². The number of nitrogens with one attached hydrogen (secondary N) is 1. The molecule has 0 aliphatic carbocycles. The molecule has 4 nitrogen and oxygen atoms in total. The van der Waals surface area contributed by atoms with Gasteiger partial charge in [0.2, 0.25) is 5.91 Å². The molecule has 0 radical (unpaired) electrons. The molecule has 1 aliphatic heterocycles. The van der Waals surface area contributed by atoms with E-state index in [1.807, 2.05) is 36.9 Å². The zero-order valence-electron chi connectivity index (χ0n) is 12.9. The number of hydrogen-bond acceptors (Lipinski definition) is 3. The molecule has 0 spiro atoms. The maximum atomic E-state index is 12.2. The quantitative estimate of drug-likeness (QED) is 0.846. The Morgan fingerprint density at radius 3 is 2.81 bits per heavy atom. The first-order chi connectivity index (χ1) is 10.0. The zero-order chi connectivity index (χ0) is 15.3. The minimum Gasteiger partial charge on any atom is -0.311 e. The molecule has 1 amide bonds. The van der Waals surface area contributed by atoms with Gasteiger partial charge in [0.05, 0.1) is 18.0 Å². The largest absolute Gasteiger partial charge is 0.311 e. The number of fused-ring (bicyclic) bond motifs is 1. The first kappa shape index (κ1) is 15.5. The number of carbonyl (C=O) groups excluding carboxylic acids is 1. The van der Waals surface area contributed by atoms with E-state index in [9.17, 15) is 4.79 Å². The van der Waals surface area contributed by atoms with Crippen molar-refractivity contribution in [3.63, 3.8) is 0 Å². The number of nitrogens with zero attached hydrogens (tertiary/aromatic N) is 2. The first-order valence-electron chi connectivity index (χ1n) is 7.54. The van der Waals surface area contributed by atoms with Gasteiger partial charge in [0.15, 0.2) is 0 Å². The highest BCUT2D eigenvalue weighted by Crippen LogP contribution is 2.25. The van der Waals surface area contributed by atoms with Gasteiger partial charge in [-0.25, -0.2) is 0 Å². The number of amides is 1. The van der Waals surface area contributed by atoms with Crippen LogP contribution in [0.1, 0.15) is 38.7 Å². The number of hydrogen-bond donors (Lipinski definition) is 1. The molecule has 1 aromatic rings. The Bertz CT molecular complexity index is 545. The summed E-state index contributed by atoms with van der Waals surface area (Å²) in [5.74, 6) is 0.125. The van der Waals surface area contributed by atoms with E-state index in [0.717, 1.165) is 38.0 Å². The zero-order valence-corrected chi connectivity index (χ0v) is 12.9. The number of rotatable bonds is 5. The molecule has 112 valence electrons. The second-order valence-electron chi connectivity index (χ2n) is 6.23. The van der Waals surface area contributed by atoms with E-state index >= 15 is 0 Å². The highest BCUT2D eigenvalue weighted by Gasteiger charge is 2.22. The van der Waals surface area contributed by atoms with Crippen LogP contribution in [0.4, 0.5) is 5.69 Å². The predicted molar refractivity (Wildman–Crippen MR) is 83.7 cm³/mol. The van der Waals surface area contributed by atoms with Gasteiger partial charge < -0.3 is 10.2 Å². The average Bonchev–Trinajstić information content (AvgIpc) is 2.63. The van der Waals surface area contributed by atoms with E-state index in [1.165, 1.54) is 5.56 Å². The second kappa shape index (κ2) is 6.73. The van der Waals surface area contributed by atoms with E-state index in [2.05, 4.69) is 17.5 Å². The molecule has 2 rings (SSSR count). The first-order valence-corrected chi connectivity index (χ1v) is 7.54. The van der Waals surface area contributed by atoms with Crippen molar-refractivity contribution in [2.24, 2.45) is 5.41 Å². The Labute approximate surface area is 126 Å². The summed E-state index contributed by atoms with van der Waals surface area (Å²) in [4.78, 5) is 14.1. The molecule has 21 heavy (non-hydrogen) atoms. The molecule has 1 aliphatic rings. The van der Waals surface area contributed by atoms with E-state index in [0.29, 0.717) is 6.54 Å². The van der Waals surface area contributed by atoms with Crippen LogP contribution in [-0.2, 0) is 11.3 Å². The van der Waals surface area contributed by atoms with Crippen molar-refractivity contribution in [3.05, 3.63) is 29.8 Å². The number of carbonyl (C=O) groups is 1. The standard InChI is InChI=1S/C17H23N3O/c1-17(2,13-18)9-5-6-10-20-15-8-4-3-7-14(15)11-19-12-16(20)21/h3-4,7-8,19H,5-6,9-12H2,1-2H3. The van der Waals surface area contributed by atoms with Crippen LogP contribution in [0.2, 0.25) is 0 Å². The van der Waals surface area contributed by atoms with Gasteiger partial charge in [-0.15, -0.1) is 0 Å². The second-order valence-corrected chi connectivity index (χ2v) is 6.23. The van der Waals surface area contributed by atoms with Crippen LogP contribution in [0.3, 0.4) is 0 Å². The molecule has 0 saturated carbocycles. The van der Waals surface area contributed by atoms with Gasteiger partial charge in [0.25, 0.3) is 0 Å². The van der Waals surface area contributed by atoms with E-state index < -0.39 is 0 Å². The summed E-state index contributed by atoms with van der Waals surface area (Å²) >= 11 is 0. The third kappa shape index (κ3) is 4.05. The maximum absolute atomic E-state index is 12.2. The highest BCUT2D eigenvalue weighted by molar-refractivity contribution is 5.96. The SMILES string of the molecule is CC(C)(C#N)CCCCN1C(=O)CNCc2ccccc21. The molecule has 1 heterocycles. The van der Waals surface area contributed by atoms with E-state index in [1.54, 1.807) is 0 Å². The molecule has 0 aromatic heterocycles. The minimum absolute atomic E-state index is 0.125. The lowest BCUT2D eigenvalue weighted by Crippen LogP contribution is -2.36. The van der Waals surface area contributed by atoms with Gasteiger partial charge in [-0.1, -0.05) is 24.6 Å². The third-order valence-electron chi connectivity index (χ3n) is 3.91. The van der Waals surface area contributed by atoms with Crippen LogP contribution in [0.25, 0.3) is 0 Å². The van der Waals surface area contributed by atoms with Crippen molar-refractivity contribution < 1.29 is 4.79 Å². The van der Waals surface area contributed by atoms with Crippen LogP contribution in [0.5, 0.6) is 0 Å². The van der Waals surface area contributed by atoms with Crippen LogP contribution in [-0.4, -0.2) is 19.0 Å². The Balaban J connectivity index is 1.98. The van der Waals surface area contributed by atoms with Crippen LogP contribution < -0.4 is 10.2 Å². The summed E-state index contributed by atoms with van der Waals surface area (Å²) in [6.45, 7) is 5.77. The van der Waals surface area contributed by atoms with Crippen LogP contribution in [0.15, 0.2) is 24.3 Å². The summed E-state index contributed by atoms with van der Waals surface area (Å²) in [6.07, 6.45) is 2.75. The molecular weight excluding hydrogens is 262 g/mol. The Morgan fingerprint density at radius 1 is 1.29 bits per heavy atom. The van der Waals surface area contributed by atoms with Crippen LogP contribution in [0, 0.1) is 16.7 Å². The summed E-state index contributed by atoms with van der Waals surface area (Å²) in [6, 6.07) is 10.4. The fourth-order valence-electron chi connectivity index (χ4n) is 2.60. The van der Waals surface area contributed by atoms with Gasteiger partial charge >= 0.3 is 0 Å². The van der Waals surface area contributed by atoms with Gasteiger partial charge in [-0.05, 0) is 38.3 Å². The van der Waals surface area contributed by atoms with Crippen molar-refractivity contribution in [1.29, 1.82) is 5.26 Å². The van der Waals surface area contributed by atoms with Crippen molar-refractivity contribution in [3.8, 4) is 6.07 Å². The molecule has 0 bridgehead atoms. The average molecular weight is 285 g/mol. The van der Waals surface area contributed by atoms with Gasteiger partial charge in [0, 0.05) is 18.8 Å². The Morgan fingerprint density at radius 2 is 2.05 bits per heavy atom. The van der Waals surface area contributed by atoms with Gasteiger partial charge in [-0.3, -0.25) is 4.79 Å². The minimum atomic E-state index is -0.276. The Hall–Kier alpha value is -1.86. The monoisotopic (exact) mass is 285 g/mol. The summed E-state index contributed by atoms with van der Waals surface area (Å²) in [5, 5.41) is 12.2. The lowest BCUT2D eigenvalue weighted by Gasteiger charge is -2.23. The molecule has 0 saturated heterocycles. The number of anilines is 1. The number of unbranched alkanes of at least 4 members (excludes halogenated alkanes) is 1. The lowest BCUT2D eigenvalue weighted by molar-refractivity contribution is -0.117. The number of nitriles is 1. The molecule has 4 heteroatoms. The smallest absolute Gasteiger partial charge is 0.240 e. The fourth-order valence-corrected chi connectivity index (χ4v) is 2.60. The van der Waals surface area contributed by atoms with Crippen molar-refractivity contribution in [2.75, 3.05) is 18.0 Å². The summed E-state index contributed by atoms with van der Waals surface area (Å²) in [5.41, 5.74) is 1.91. The summed E-state index contributed by atoms with van der Waals surface area (Å²) in [7, 11) is 0. The highest BCUT2D eigenvalue weighted by atomic mass is 16.2. The van der Waals surface area contributed by atoms with E-state index in [-0.39, 0.29) is 11.3 Å². The molecule has 0 unspecified atom stereocenters. The topological polar surface area (TPSA) is 56.1 Å². The predicted octanol–water partition coefficient (Wildman–Crippen LogP) is 2.84. The maximum Gasteiger partial charge on any atom is 0.240 e. The van der Waals surface area contributed by atoms with E-state index in [4.69, 9.17) is 5.26 Å². The van der Waals surface area contributed by atoms with Gasteiger partial charge in [-0.2, -0.15) is 5.26 Å². The molecular formula is C17H23N3O.